The van der Waals surface area contributed by atoms with Gasteiger partial charge in [-0.2, -0.15) is 0 Å². The molecule has 3 N–H and O–H groups in total. The molecule has 3 aromatic rings. The molecular weight excluding hydrogens is 627 g/mol. The van der Waals surface area contributed by atoms with E-state index in [0.717, 1.165) is 53.0 Å². The van der Waals surface area contributed by atoms with Crippen LogP contribution >= 0.6 is 0 Å². The van der Waals surface area contributed by atoms with Gasteiger partial charge >= 0.3 is 0 Å². The molecule has 11 heteroatoms. The molecule has 10 nitrogen and oxygen atoms in total. The molecule has 2 aromatic heterocycles. The van der Waals surface area contributed by atoms with Gasteiger partial charge in [0, 0.05) is 29.2 Å². The highest BCUT2D eigenvalue weighted by molar-refractivity contribution is 7.81. The highest BCUT2D eigenvalue weighted by Gasteiger charge is 2.44. The van der Waals surface area contributed by atoms with Crippen LogP contribution in [0.3, 0.4) is 0 Å². The molecule has 0 saturated heterocycles. The third kappa shape index (κ3) is 6.95. The number of ether oxygens (including phenoxy) is 2. The molecule has 0 aliphatic carbocycles. The van der Waals surface area contributed by atoms with Crippen molar-refractivity contribution >= 4 is 45.8 Å². The smallest absolute Gasteiger partial charge is 0.219 e. The van der Waals surface area contributed by atoms with Gasteiger partial charge < -0.3 is 29.2 Å². The summed E-state index contributed by atoms with van der Waals surface area (Å²) in [7, 11) is 0. The number of fused-ring (bicyclic) bond motifs is 2. The van der Waals surface area contributed by atoms with Gasteiger partial charge in [-0.3, -0.25) is 4.99 Å². The molecule has 1 aromatic carbocycles. The zero-order chi connectivity index (χ0) is 34.8. The van der Waals surface area contributed by atoms with Gasteiger partial charge in [-0.25, -0.2) is 14.2 Å². The average molecular weight is 674 g/mol. The van der Waals surface area contributed by atoms with Crippen LogP contribution in [0.25, 0.3) is 5.57 Å². The summed E-state index contributed by atoms with van der Waals surface area (Å²) in [5, 5.41) is 12.6. The van der Waals surface area contributed by atoms with E-state index in [2.05, 4.69) is 55.6 Å². The molecule has 0 amide bonds. The summed E-state index contributed by atoms with van der Waals surface area (Å²) in [5.41, 5.74) is 4.90. The van der Waals surface area contributed by atoms with Crippen molar-refractivity contribution in [2.75, 3.05) is 5.32 Å². The minimum Gasteiger partial charge on any atom is -0.490 e. The van der Waals surface area contributed by atoms with Crippen LogP contribution in [0.5, 0.6) is 5.75 Å². The average Bonchev–Trinajstić information content (AvgIpc) is 3.58. The third-order valence-electron chi connectivity index (χ3n) is 10.1. The number of rotatable bonds is 11. The first-order valence-electron chi connectivity index (χ1n) is 16.5. The number of hydrogen-bond donors (Lipinski definition) is 3. The molecule has 2 aliphatic rings. The Morgan fingerprint density at radius 3 is 2.75 bits per heavy atom. The van der Waals surface area contributed by atoms with E-state index in [-0.39, 0.29) is 35.7 Å². The Labute approximate surface area is 286 Å². The van der Waals surface area contributed by atoms with E-state index in [1.165, 1.54) is 6.26 Å². The molecular formula is C37H47N5O5S. The highest BCUT2D eigenvalue weighted by Crippen LogP contribution is 2.54. The molecule has 48 heavy (non-hydrogen) atoms. The van der Waals surface area contributed by atoms with E-state index in [0.29, 0.717) is 17.4 Å². The van der Waals surface area contributed by atoms with Gasteiger partial charge in [0.15, 0.2) is 16.9 Å². The zero-order valence-corrected chi connectivity index (χ0v) is 29.7. The van der Waals surface area contributed by atoms with E-state index in [1.54, 1.807) is 32.5 Å². The maximum atomic E-state index is 12.3. The van der Waals surface area contributed by atoms with Crippen molar-refractivity contribution in [3.8, 4) is 5.75 Å². The number of pyridine rings is 1. The van der Waals surface area contributed by atoms with Gasteiger partial charge in [0.2, 0.25) is 5.89 Å². The monoisotopic (exact) mass is 673 g/mol. The first-order chi connectivity index (χ1) is 22.8. The van der Waals surface area contributed by atoms with E-state index in [9.17, 15) is 8.76 Å². The minimum atomic E-state index is -2.21. The normalized spacial score (nSPS) is 24.0. The van der Waals surface area contributed by atoms with Crippen molar-refractivity contribution in [2.45, 2.75) is 97.2 Å². The Morgan fingerprint density at radius 1 is 1.31 bits per heavy atom. The number of aromatic nitrogens is 2. The molecule has 5 rings (SSSR count). The Morgan fingerprint density at radius 2 is 2.08 bits per heavy atom. The predicted octanol–water partition coefficient (Wildman–Crippen LogP) is 8.79. The van der Waals surface area contributed by atoms with Crippen LogP contribution in [0.1, 0.15) is 90.7 Å². The standard InChI is InChI=1S/C37H47N5O5S/c1-9-26(34(38)36(6,7)48(43)44)24(5)32-28-19-25(11-12-29(28)47-22(3)13-15-37(32,8)10-2)42-35-33-27(14-16-40-35)23(4)30(20-41-33)46-21-31-39-17-18-45-31/h9,11-12,14,16-20,22,24,30,32,38H,4,10,13,15,21H2,1-3,5-8H3,(H,40,42)(H,43,44)/b26-9+,38-34?. The molecule has 0 fully saturated rings. The first-order valence-corrected chi connectivity index (χ1v) is 17.6. The van der Waals surface area contributed by atoms with Crippen LogP contribution in [0.15, 0.2) is 70.6 Å². The number of nitrogens with one attached hydrogen (secondary N) is 2. The van der Waals surface area contributed by atoms with Crippen molar-refractivity contribution in [3.05, 3.63) is 78.2 Å². The van der Waals surface area contributed by atoms with Crippen LogP contribution < -0.4 is 10.1 Å². The molecule has 256 valence electrons. The molecule has 0 radical (unpaired) electrons. The summed E-state index contributed by atoms with van der Waals surface area (Å²) in [5.74, 6) is 1.66. The Hall–Kier alpha value is -3.93. The third-order valence-corrected chi connectivity index (χ3v) is 11.1. The lowest BCUT2D eigenvalue weighted by Gasteiger charge is -2.45. The first kappa shape index (κ1) is 35.4. The van der Waals surface area contributed by atoms with Crippen LogP contribution in [-0.2, 0) is 22.4 Å². The van der Waals surface area contributed by atoms with Crippen molar-refractivity contribution < 1.29 is 22.7 Å². The summed E-state index contributed by atoms with van der Waals surface area (Å²) in [6.07, 6.45) is 10.8. The topological polar surface area (TPSA) is 143 Å². The molecule has 0 spiro atoms. The Balaban J connectivity index is 1.52. The van der Waals surface area contributed by atoms with Crippen molar-refractivity contribution in [3.63, 3.8) is 0 Å². The highest BCUT2D eigenvalue weighted by atomic mass is 32.2. The number of anilines is 2. The quantitative estimate of drug-likeness (QED) is 0.135. The van der Waals surface area contributed by atoms with Gasteiger partial charge in [0.05, 0.1) is 18.0 Å². The largest absolute Gasteiger partial charge is 0.490 e. The molecule has 0 bridgehead atoms. The van der Waals surface area contributed by atoms with E-state index in [4.69, 9.17) is 24.3 Å². The second kappa shape index (κ2) is 14.3. The number of oxazole rings is 1. The SMILES string of the molecule is C=C1c2ccnc(Nc3ccc4c(c3)C(C(C)/C(=C\C)C(=N)C(C)(C)S(=O)O)C(C)(CC)CCC(C)O4)c2N=CC1OCc1ncco1. The van der Waals surface area contributed by atoms with E-state index in [1.807, 2.05) is 31.2 Å². The fourth-order valence-electron chi connectivity index (χ4n) is 6.92. The summed E-state index contributed by atoms with van der Waals surface area (Å²) >= 11 is -2.21. The second-order valence-corrected chi connectivity index (χ2v) is 15.0. The molecule has 6 unspecified atom stereocenters. The van der Waals surface area contributed by atoms with Gasteiger partial charge in [0.25, 0.3) is 0 Å². The van der Waals surface area contributed by atoms with Crippen LogP contribution in [0, 0.1) is 16.7 Å². The maximum Gasteiger partial charge on any atom is 0.219 e. The maximum absolute atomic E-state index is 12.3. The fraction of sp³-hybridized carbons (Fsp3) is 0.459. The number of hydrogen-bond acceptors (Lipinski definition) is 9. The summed E-state index contributed by atoms with van der Waals surface area (Å²) < 4.78 is 39.0. The van der Waals surface area contributed by atoms with Gasteiger partial charge in [-0.15, -0.1) is 0 Å². The van der Waals surface area contributed by atoms with E-state index < -0.39 is 21.9 Å². The molecule has 0 saturated carbocycles. The second-order valence-electron chi connectivity index (χ2n) is 13.5. The van der Waals surface area contributed by atoms with Crippen molar-refractivity contribution in [1.29, 1.82) is 5.41 Å². The van der Waals surface area contributed by atoms with Gasteiger partial charge in [-0.05, 0) is 93.2 Å². The number of benzene rings is 1. The lowest BCUT2D eigenvalue weighted by Crippen LogP contribution is -2.41. The number of aliphatic imine (C=N–C) groups is 1. The van der Waals surface area contributed by atoms with E-state index >= 15 is 0 Å². The predicted molar refractivity (Wildman–Crippen MR) is 192 cm³/mol. The Kier molecular flexibility index (Phi) is 10.5. The minimum absolute atomic E-state index is 0.0295. The number of allylic oxidation sites excluding steroid dienone is 2. The number of nitrogens with zero attached hydrogens (tertiary/aromatic N) is 3. The fourth-order valence-corrected chi connectivity index (χ4v) is 7.21. The summed E-state index contributed by atoms with van der Waals surface area (Å²) in [6, 6.07) is 8.00. The van der Waals surface area contributed by atoms with Crippen LogP contribution in [0.2, 0.25) is 0 Å². The molecule has 6 atom stereocenters. The molecule has 2 aliphatic heterocycles. The van der Waals surface area contributed by atoms with Gasteiger partial charge in [-0.1, -0.05) is 39.8 Å². The summed E-state index contributed by atoms with van der Waals surface area (Å²) in [6.45, 7) is 18.5. The Bertz CT molecular complexity index is 1750. The van der Waals surface area contributed by atoms with Crippen molar-refractivity contribution in [1.82, 2.24) is 9.97 Å². The van der Waals surface area contributed by atoms with Gasteiger partial charge in [0.1, 0.15) is 35.2 Å². The lowest BCUT2D eigenvalue weighted by molar-refractivity contribution is 0.103. The van der Waals surface area contributed by atoms with Crippen LogP contribution in [-0.4, -0.2) is 47.6 Å². The molecule has 4 heterocycles. The lowest BCUT2D eigenvalue weighted by atomic mass is 9.61. The zero-order valence-electron chi connectivity index (χ0n) is 28.9. The van der Waals surface area contributed by atoms with Crippen molar-refractivity contribution in [2.24, 2.45) is 16.3 Å². The summed E-state index contributed by atoms with van der Waals surface area (Å²) in [4.78, 5) is 13.5. The van der Waals surface area contributed by atoms with Crippen LogP contribution in [0.4, 0.5) is 17.2 Å².